The maximum Gasteiger partial charge on any atom is 0.249 e. The van der Waals surface area contributed by atoms with Gasteiger partial charge in [0.25, 0.3) is 0 Å². The molecule has 1 heterocycles. The highest BCUT2D eigenvalue weighted by molar-refractivity contribution is 5.39. The van der Waals surface area contributed by atoms with Crippen LogP contribution in [0.3, 0.4) is 0 Å². The van der Waals surface area contributed by atoms with E-state index in [1.807, 2.05) is 12.1 Å². The second-order valence-electron chi connectivity index (χ2n) is 6.86. The zero-order chi connectivity index (χ0) is 18.1. The maximum atomic E-state index is 5.26. The first-order valence-electron chi connectivity index (χ1n) is 8.70. The molecule has 0 aliphatic heterocycles. The first-order valence-corrected chi connectivity index (χ1v) is 8.70. The molecule has 0 saturated carbocycles. The second-order valence-corrected chi connectivity index (χ2v) is 6.86. The van der Waals surface area contributed by atoms with Crippen LogP contribution < -0.4 is 21.7 Å². The molecule has 1 aromatic heterocycles. The Balaban J connectivity index is 0.00000243. The number of halogens is 1. The lowest BCUT2D eigenvalue weighted by Crippen LogP contribution is -3.00. The molecule has 0 spiro atoms. The van der Waals surface area contributed by atoms with Gasteiger partial charge in [-0.05, 0) is 61.7 Å². The van der Waals surface area contributed by atoms with Crippen LogP contribution in [0.15, 0.2) is 42.7 Å². The molecule has 0 fully saturated rings. The van der Waals surface area contributed by atoms with Crippen molar-refractivity contribution in [2.75, 3.05) is 7.11 Å². The molecule has 0 bridgehead atoms. The third-order valence-corrected chi connectivity index (χ3v) is 5.09. The molecule has 0 saturated heterocycles. The molecule has 4 heteroatoms. The number of hydrogen-bond acceptors (Lipinski definition) is 1. The lowest BCUT2D eigenvalue weighted by Gasteiger charge is -2.10. The highest BCUT2D eigenvalue weighted by Crippen LogP contribution is 2.19. The van der Waals surface area contributed by atoms with Crippen molar-refractivity contribution in [2.45, 2.75) is 41.2 Å². The molecular weight excluding hydrogens is 344 g/mol. The second kappa shape index (κ2) is 7.96. The van der Waals surface area contributed by atoms with E-state index in [2.05, 4.69) is 74.3 Å². The summed E-state index contributed by atoms with van der Waals surface area (Å²) in [5, 5.41) is 0. The van der Waals surface area contributed by atoms with E-state index >= 15 is 0 Å². The van der Waals surface area contributed by atoms with Gasteiger partial charge in [0.05, 0.1) is 7.11 Å². The molecule has 2 aromatic carbocycles. The number of benzene rings is 2. The van der Waals surface area contributed by atoms with Gasteiger partial charge in [-0.25, -0.2) is 4.57 Å². The number of rotatable bonds is 4. The monoisotopic (exact) mass is 370 g/mol. The van der Waals surface area contributed by atoms with E-state index in [9.17, 15) is 0 Å². The van der Waals surface area contributed by atoms with E-state index in [4.69, 9.17) is 4.74 Å². The van der Waals surface area contributed by atoms with Crippen LogP contribution in [0, 0.1) is 34.6 Å². The molecule has 0 unspecified atom stereocenters. The highest BCUT2D eigenvalue weighted by atomic mass is 35.5. The van der Waals surface area contributed by atoms with Crippen molar-refractivity contribution in [1.29, 1.82) is 0 Å². The summed E-state index contributed by atoms with van der Waals surface area (Å²) in [5.41, 5.74) is 9.15. The summed E-state index contributed by atoms with van der Waals surface area (Å²) in [4.78, 5) is 0. The predicted octanol–water partition coefficient (Wildman–Crippen LogP) is 1.37. The van der Waals surface area contributed by atoms with Crippen LogP contribution in [0.1, 0.15) is 33.6 Å². The fourth-order valence-corrected chi connectivity index (χ4v) is 3.49. The average Bonchev–Trinajstić information content (AvgIpc) is 2.86. The van der Waals surface area contributed by atoms with Gasteiger partial charge in [0, 0.05) is 13.8 Å². The standard InChI is InChI=1S/C22H27N2O.ClH/c1-15-11-16(2)22(17(3)12-15)13-23-14-24(19(5)18(23)4)20-7-9-21(25-6)10-8-20;/h7-12,14H,13H2,1-6H3;1H/q+1;/p-1. The van der Waals surface area contributed by atoms with Crippen molar-refractivity contribution in [3.8, 4) is 11.4 Å². The zero-order valence-electron chi connectivity index (χ0n) is 16.4. The molecule has 0 N–H and O–H groups in total. The van der Waals surface area contributed by atoms with Gasteiger partial charge < -0.3 is 17.1 Å². The molecule has 0 aliphatic rings. The molecule has 3 nitrogen and oxygen atoms in total. The van der Waals surface area contributed by atoms with E-state index < -0.39 is 0 Å². The van der Waals surface area contributed by atoms with Gasteiger partial charge >= 0.3 is 0 Å². The summed E-state index contributed by atoms with van der Waals surface area (Å²) in [6.45, 7) is 11.8. The Hall–Kier alpha value is -2.26. The van der Waals surface area contributed by atoms with Crippen LogP contribution in [-0.2, 0) is 6.54 Å². The first kappa shape index (κ1) is 20.1. The maximum absolute atomic E-state index is 5.26. The largest absolute Gasteiger partial charge is 1.00 e. The number of aryl methyl sites for hydroxylation is 3. The fraction of sp³-hybridized carbons (Fsp3) is 0.318. The minimum absolute atomic E-state index is 0. The van der Waals surface area contributed by atoms with E-state index in [-0.39, 0.29) is 12.4 Å². The van der Waals surface area contributed by atoms with Crippen molar-refractivity contribution < 1.29 is 21.7 Å². The van der Waals surface area contributed by atoms with Gasteiger partial charge in [-0.2, -0.15) is 4.57 Å². The summed E-state index contributed by atoms with van der Waals surface area (Å²) >= 11 is 0. The van der Waals surface area contributed by atoms with Crippen molar-refractivity contribution in [1.82, 2.24) is 4.57 Å². The van der Waals surface area contributed by atoms with Crippen molar-refractivity contribution in [3.05, 3.63) is 76.4 Å². The summed E-state index contributed by atoms with van der Waals surface area (Å²) in [6.07, 6.45) is 2.20. The lowest BCUT2D eigenvalue weighted by molar-refractivity contribution is -0.693. The van der Waals surface area contributed by atoms with Crippen molar-refractivity contribution in [3.63, 3.8) is 0 Å². The first-order chi connectivity index (χ1) is 11.9. The third kappa shape index (κ3) is 3.78. The minimum atomic E-state index is 0. The Morgan fingerprint density at radius 3 is 2.04 bits per heavy atom. The van der Waals surface area contributed by atoms with Crippen molar-refractivity contribution >= 4 is 0 Å². The molecule has 0 radical (unpaired) electrons. The Morgan fingerprint density at radius 1 is 0.923 bits per heavy atom. The summed E-state index contributed by atoms with van der Waals surface area (Å²) in [7, 11) is 1.69. The quantitative estimate of drug-likeness (QED) is 0.634. The van der Waals surface area contributed by atoms with Crippen LogP contribution in [-0.4, -0.2) is 11.7 Å². The summed E-state index contributed by atoms with van der Waals surface area (Å²) in [6, 6.07) is 12.7. The Labute approximate surface area is 162 Å². The Bertz CT molecular complexity index is 888. The number of nitrogens with zero attached hydrogens (tertiary/aromatic N) is 2. The van der Waals surface area contributed by atoms with Crippen LogP contribution in [0.25, 0.3) is 5.69 Å². The third-order valence-electron chi connectivity index (χ3n) is 5.09. The van der Waals surface area contributed by atoms with Gasteiger partial charge in [-0.1, -0.05) is 17.7 Å². The molecule has 0 atom stereocenters. The van der Waals surface area contributed by atoms with Gasteiger partial charge in [-0.15, -0.1) is 0 Å². The van der Waals surface area contributed by atoms with Gasteiger partial charge in [-0.3, -0.25) is 0 Å². The van der Waals surface area contributed by atoms with Crippen LogP contribution in [0.5, 0.6) is 5.75 Å². The predicted molar refractivity (Wildman–Crippen MR) is 102 cm³/mol. The number of methoxy groups -OCH3 is 1. The molecule has 0 aliphatic carbocycles. The highest BCUT2D eigenvalue weighted by Gasteiger charge is 2.19. The Kier molecular flexibility index (Phi) is 6.14. The lowest BCUT2D eigenvalue weighted by atomic mass is 10.00. The summed E-state index contributed by atoms with van der Waals surface area (Å²) < 4.78 is 9.85. The van der Waals surface area contributed by atoms with Gasteiger partial charge in [0.2, 0.25) is 6.33 Å². The number of ether oxygens (including phenoxy) is 1. The molecule has 3 rings (SSSR count). The zero-order valence-corrected chi connectivity index (χ0v) is 17.2. The van der Waals surface area contributed by atoms with Gasteiger partial charge in [0.15, 0.2) is 0 Å². The van der Waals surface area contributed by atoms with Crippen LogP contribution >= 0.6 is 0 Å². The van der Waals surface area contributed by atoms with E-state index in [1.54, 1.807) is 7.11 Å². The van der Waals surface area contributed by atoms with E-state index in [0.717, 1.165) is 18.0 Å². The summed E-state index contributed by atoms with van der Waals surface area (Å²) in [5.74, 6) is 0.879. The van der Waals surface area contributed by atoms with E-state index in [0.29, 0.717) is 0 Å². The molecule has 0 amide bonds. The molecule has 3 aromatic rings. The van der Waals surface area contributed by atoms with E-state index in [1.165, 1.54) is 33.6 Å². The topological polar surface area (TPSA) is 18.0 Å². The normalized spacial score (nSPS) is 10.5. The molecular formula is C22H27ClN2O. The van der Waals surface area contributed by atoms with Crippen LogP contribution in [0.4, 0.5) is 0 Å². The van der Waals surface area contributed by atoms with Crippen LogP contribution in [0.2, 0.25) is 0 Å². The number of hydrogen-bond donors (Lipinski definition) is 0. The van der Waals surface area contributed by atoms with Gasteiger partial charge in [0.1, 0.15) is 29.4 Å². The molecule has 138 valence electrons. The average molecular weight is 371 g/mol. The minimum Gasteiger partial charge on any atom is -1.00 e. The molecule has 26 heavy (non-hydrogen) atoms. The number of aromatic nitrogens is 2. The van der Waals surface area contributed by atoms with Crippen molar-refractivity contribution in [2.24, 2.45) is 0 Å². The smallest absolute Gasteiger partial charge is 0.249 e. The fourth-order valence-electron chi connectivity index (χ4n) is 3.49. The number of imidazole rings is 1. The Morgan fingerprint density at radius 2 is 1.50 bits per heavy atom. The SMILES string of the molecule is COc1ccc(-n2c[n+](Cc3c(C)cc(C)cc3C)c(C)c2C)cc1.[Cl-].